The van der Waals surface area contributed by atoms with Crippen molar-refractivity contribution in [2.75, 3.05) is 0 Å². The Morgan fingerprint density at radius 3 is 0.476 bits per heavy atom. The van der Waals surface area contributed by atoms with Crippen molar-refractivity contribution in [3.63, 3.8) is 0 Å². The van der Waals surface area contributed by atoms with E-state index in [-0.39, 0.29) is 0 Å². The molecule has 0 aromatic heterocycles. The van der Waals surface area contributed by atoms with Gasteiger partial charge in [-0.05, 0) is 47.7 Å². The van der Waals surface area contributed by atoms with Gasteiger partial charge in [0.05, 0.1) is 0 Å². The molecule has 6 rings (SSSR count). The van der Waals surface area contributed by atoms with Crippen LogP contribution in [-0.2, 0) is 0 Å². The molecule has 0 saturated carbocycles. The van der Waals surface area contributed by atoms with Gasteiger partial charge in [0.1, 0.15) is 0 Å². The maximum atomic E-state index is 7.23. The number of rotatable bonds is 6. The van der Waals surface area contributed by atoms with Crippen molar-refractivity contribution in [1.82, 2.24) is 0 Å². The smallest absolute Gasteiger partial charge is 0.324 e. The summed E-state index contributed by atoms with van der Waals surface area (Å²) in [5.41, 5.74) is 0. The summed E-state index contributed by atoms with van der Waals surface area (Å²) in [6.07, 6.45) is 0. The van der Waals surface area contributed by atoms with Gasteiger partial charge >= 0.3 is 8.60 Å². The van der Waals surface area contributed by atoms with E-state index in [0.717, 1.165) is 0 Å². The molecule has 0 fully saturated rings. The lowest BCUT2D eigenvalue weighted by Gasteiger charge is -2.18. The van der Waals surface area contributed by atoms with E-state index in [1.165, 1.54) is 31.8 Å². The van der Waals surface area contributed by atoms with Crippen LogP contribution in [0.25, 0.3) is 0 Å². The van der Waals surface area contributed by atoms with Crippen LogP contribution in [0.1, 0.15) is 0 Å². The van der Waals surface area contributed by atoms with Crippen molar-refractivity contribution in [3.8, 4) is 0 Å². The molecule has 6 heteroatoms. The van der Waals surface area contributed by atoms with Gasteiger partial charge in [-0.25, -0.2) is 0 Å². The Labute approximate surface area is 252 Å². The summed E-state index contributed by atoms with van der Waals surface area (Å²) in [4.78, 5) is 21.7. The molecular formula is C36H33O3P3. The fourth-order valence-corrected chi connectivity index (χ4v) is 8.97. The molecule has 0 amide bonds. The molecule has 0 saturated heterocycles. The highest BCUT2D eigenvalue weighted by Crippen LogP contribution is 2.33. The Balaban J connectivity index is 0.000000171. The fourth-order valence-electron chi connectivity index (χ4n) is 4.36. The van der Waals surface area contributed by atoms with Crippen molar-refractivity contribution >= 4 is 56.3 Å². The zero-order chi connectivity index (χ0) is 29.4. The van der Waals surface area contributed by atoms with E-state index < -0.39 is 24.4 Å². The van der Waals surface area contributed by atoms with Crippen molar-refractivity contribution in [2.24, 2.45) is 0 Å². The topological polar surface area (TPSA) is 60.7 Å². The van der Waals surface area contributed by atoms with Crippen LogP contribution in [0.2, 0.25) is 0 Å². The third-order valence-electron chi connectivity index (χ3n) is 6.09. The quantitative estimate of drug-likeness (QED) is 0.202. The Morgan fingerprint density at radius 2 is 0.357 bits per heavy atom. The first-order valence-electron chi connectivity index (χ1n) is 13.4. The number of hydrogen-bond acceptors (Lipinski definition) is 3. The predicted octanol–water partition coefficient (Wildman–Crippen LogP) is 6.08. The molecule has 6 aromatic rings. The van der Waals surface area contributed by atoms with Gasteiger partial charge in [0.25, 0.3) is 0 Å². The molecule has 0 heterocycles. The Bertz CT molecular complexity index is 1230. The molecule has 0 aliphatic rings. The third kappa shape index (κ3) is 9.80. The molecule has 3 N–H and O–H groups in total. The molecule has 0 aliphatic carbocycles. The lowest BCUT2D eigenvalue weighted by atomic mass is 10.4. The molecule has 0 radical (unpaired) electrons. The van der Waals surface area contributed by atoms with Gasteiger partial charge in [0, 0.05) is 0 Å². The van der Waals surface area contributed by atoms with Crippen molar-refractivity contribution in [1.29, 1.82) is 0 Å². The van der Waals surface area contributed by atoms with Crippen molar-refractivity contribution in [3.05, 3.63) is 182 Å². The van der Waals surface area contributed by atoms with E-state index in [2.05, 4.69) is 182 Å². The lowest BCUT2D eigenvalue weighted by molar-refractivity contribution is 0.368. The summed E-state index contributed by atoms with van der Waals surface area (Å²) < 4.78 is 0. The van der Waals surface area contributed by atoms with Gasteiger partial charge in [0.2, 0.25) is 0 Å². The summed E-state index contributed by atoms with van der Waals surface area (Å²) >= 11 is 0. The molecule has 6 aromatic carbocycles. The maximum Gasteiger partial charge on any atom is 0.324 e. The van der Waals surface area contributed by atoms with Crippen LogP contribution < -0.4 is 31.8 Å². The van der Waals surface area contributed by atoms with Crippen LogP contribution in [-0.4, -0.2) is 14.7 Å². The largest absolute Gasteiger partial charge is 0.328 e. The second-order valence-electron chi connectivity index (χ2n) is 8.95. The highest BCUT2D eigenvalue weighted by atomic mass is 31.2. The van der Waals surface area contributed by atoms with Gasteiger partial charge in [-0.3, -0.25) is 0 Å². The average molecular weight is 607 g/mol. The van der Waals surface area contributed by atoms with E-state index in [4.69, 9.17) is 14.7 Å². The van der Waals surface area contributed by atoms with Gasteiger partial charge in [-0.1, -0.05) is 182 Å². The Hall–Kier alpha value is -3.51. The summed E-state index contributed by atoms with van der Waals surface area (Å²) in [6, 6.07) is 64.7. The average Bonchev–Trinajstić information content (AvgIpc) is 3.05. The second-order valence-corrected chi connectivity index (χ2v) is 13.9. The Kier molecular flexibility index (Phi) is 13.1. The summed E-state index contributed by atoms with van der Waals surface area (Å²) in [5, 5.41) is 8.39. The summed E-state index contributed by atoms with van der Waals surface area (Å²) in [5.74, 6) is 0. The zero-order valence-electron chi connectivity index (χ0n) is 23.0. The minimum atomic E-state index is -2.62. The second kappa shape index (κ2) is 17.4. The molecular weight excluding hydrogens is 573 g/mol. The molecule has 0 spiro atoms. The van der Waals surface area contributed by atoms with E-state index in [1.54, 1.807) is 0 Å². The van der Waals surface area contributed by atoms with Crippen LogP contribution in [0.15, 0.2) is 182 Å². The van der Waals surface area contributed by atoms with E-state index in [0.29, 0.717) is 0 Å². The first-order valence-corrected chi connectivity index (χ1v) is 17.3. The van der Waals surface area contributed by atoms with Crippen LogP contribution in [0.4, 0.5) is 0 Å². The fraction of sp³-hybridized carbons (Fsp3) is 0. The highest BCUT2D eigenvalue weighted by Gasteiger charge is 2.16. The van der Waals surface area contributed by atoms with Gasteiger partial charge < -0.3 is 14.7 Å². The number of benzene rings is 6. The van der Waals surface area contributed by atoms with E-state index in [1.807, 2.05) is 0 Å². The molecule has 3 nitrogen and oxygen atoms in total. The van der Waals surface area contributed by atoms with Gasteiger partial charge in [0.15, 0.2) is 0 Å². The third-order valence-corrected chi connectivity index (χ3v) is 11.0. The zero-order valence-corrected chi connectivity index (χ0v) is 25.7. The molecule has 0 unspecified atom stereocenters. The maximum absolute atomic E-state index is 7.23. The minimum absolute atomic E-state index is 0.446. The molecule has 42 heavy (non-hydrogen) atoms. The van der Waals surface area contributed by atoms with E-state index >= 15 is 0 Å². The molecule has 0 atom stereocenters. The summed E-state index contributed by atoms with van der Waals surface area (Å²) in [7, 11) is -3.51. The van der Waals surface area contributed by atoms with Crippen molar-refractivity contribution in [2.45, 2.75) is 0 Å². The lowest BCUT2D eigenvalue weighted by Crippen LogP contribution is -2.20. The first-order chi connectivity index (χ1) is 20.6. The predicted molar refractivity (Wildman–Crippen MR) is 184 cm³/mol. The van der Waals surface area contributed by atoms with Crippen LogP contribution in [0.3, 0.4) is 0 Å². The monoisotopic (exact) mass is 606 g/mol. The van der Waals surface area contributed by atoms with Crippen LogP contribution in [0.5, 0.6) is 0 Å². The molecule has 210 valence electrons. The van der Waals surface area contributed by atoms with Crippen LogP contribution in [0, 0.1) is 0 Å². The SMILES string of the molecule is OP(O)O.c1ccc(P(c2ccccc2)c2ccccc2)cc1.c1ccc(P(c2ccccc2)c2ccccc2)cc1. The van der Waals surface area contributed by atoms with Crippen molar-refractivity contribution < 1.29 is 14.7 Å². The van der Waals surface area contributed by atoms with Gasteiger partial charge in [-0.15, -0.1) is 0 Å². The standard InChI is InChI=1S/2C18H15P.H3O3P/c2*1-4-10-16(11-5-1)19(17-12-6-2-7-13-17)18-14-8-3-9-15-18;1-4(2)3/h2*1-15H;1-3H. The van der Waals surface area contributed by atoms with E-state index in [9.17, 15) is 0 Å². The first kappa shape index (κ1) is 31.4. The minimum Gasteiger partial charge on any atom is -0.328 e. The van der Waals surface area contributed by atoms with Gasteiger partial charge in [-0.2, -0.15) is 0 Å². The molecule has 0 aliphatic heterocycles. The van der Waals surface area contributed by atoms with Crippen LogP contribution >= 0.6 is 24.4 Å². The summed E-state index contributed by atoms with van der Waals surface area (Å²) in [6.45, 7) is 0. The number of hydrogen-bond donors (Lipinski definition) is 3. The Morgan fingerprint density at radius 1 is 0.238 bits per heavy atom. The highest BCUT2D eigenvalue weighted by molar-refractivity contribution is 7.80. The normalized spacial score (nSPS) is 10.4. The molecule has 0 bridgehead atoms.